The van der Waals surface area contributed by atoms with Crippen LogP contribution in [0.1, 0.15) is 13.3 Å². The number of anilines is 1. The summed E-state index contributed by atoms with van der Waals surface area (Å²) in [7, 11) is 0. The van der Waals surface area contributed by atoms with Crippen LogP contribution in [-0.4, -0.2) is 19.5 Å². The highest BCUT2D eigenvalue weighted by Gasteiger charge is 2.07. The molecule has 0 spiro atoms. The van der Waals surface area contributed by atoms with Crippen molar-refractivity contribution in [2.75, 3.05) is 5.43 Å². The van der Waals surface area contributed by atoms with Crippen LogP contribution in [0.15, 0.2) is 24.8 Å². The molecule has 0 saturated carbocycles. The summed E-state index contributed by atoms with van der Waals surface area (Å²) < 4.78 is 2.02. The van der Waals surface area contributed by atoms with Crippen molar-refractivity contribution in [3.05, 3.63) is 24.8 Å². The number of imidazole rings is 1. The van der Waals surface area contributed by atoms with Crippen LogP contribution in [0, 0.1) is 0 Å². The molecular formula is C10H14N6. The number of hydrazine groups is 1. The van der Waals surface area contributed by atoms with Crippen molar-refractivity contribution in [2.45, 2.75) is 19.9 Å². The number of rotatable bonds is 4. The number of aryl methyl sites for hydroxylation is 1. The van der Waals surface area contributed by atoms with Gasteiger partial charge in [-0.1, -0.05) is 6.92 Å². The highest BCUT2D eigenvalue weighted by Crippen LogP contribution is 2.15. The second-order valence-corrected chi connectivity index (χ2v) is 3.38. The molecule has 0 unspecified atom stereocenters. The summed E-state index contributed by atoms with van der Waals surface area (Å²) in [6, 6.07) is 1.71. The van der Waals surface area contributed by atoms with Gasteiger partial charge in [-0.25, -0.2) is 20.8 Å². The number of nitrogens with one attached hydrogen (secondary N) is 1. The Morgan fingerprint density at radius 2 is 2.38 bits per heavy atom. The van der Waals surface area contributed by atoms with E-state index in [0.29, 0.717) is 11.6 Å². The van der Waals surface area contributed by atoms with E-state index in [-0.39, 0.29) is 0 Å². The third-order valence-corrected chi connectivity index (χ3v) is 2.21. The average molecular weight is 218 g/mol. The van der Waals surface area contributed by atoms with E-state index >= 15 is 0 Å². The predicted octanol–water partition coefficient (Wildman–Crippen LogP) is 1.04. The lowest BCUT2D eigenvalue weighted by Gasteiger charge is -2.06. The van der Waals surface area contributed by atoms with Crippen molar-refractivity contribution in [3.8, 4) is 11.5 Å². The van der Waals surface area contributed by atoms with E-state index in [1.165, 1.54) is 0 Å². The van der Waals surface area contributed by atoms with Gasteiger partial charge in [0.05, 0.1) is 12.5 Å². The van der Waals surface area contributed by atoms with Crippen LogP contribution in [-0.2, 0) is 6.54 Å². The second kappa shape index (κ2) is 4.71. The first-order valence-corrected chi connectivity index (χ1v) is 5.15. The van der Waals surface area contributed by atoms with Gasteiger partial charge in [-0.3, -0.25) is 0 Å². The van der Waals surface area contributed by atoms with E-state index < -0.39 is 0 Å². The molecule has 0 amide bonds. The third-order valence-electron chi connectivity index (χ3n) is 2.21. The molecule has 0 aliphatic carbocycles. The molecular weight excluding hydrogens is 204 g/mol. The minimum atomic E-state index is 0.592. The molecule has 2 rings (SSSR count). The Morgan fingerprint density at radius 3 is 3.12 bits per heavy atom. The lowest BCUT2D eigenvalue weighted by Crippen LogP contribution is -2.09. The second-order valence-electron chi connectivity index (χ2n) is 3.38. The summed E-state index contributed by atoms with van der Waals surface area (Å²) in [5, 5.41) is 0. The molecule has 16 heavy (non-hydrogen) atoms. The summed E-state index contributed by atoms with van der Waals surface area (Å²) in [6.45, 7) is 3.02. The Hall–Kier alpha value is -1.95. The van der Waals surface area contributed by atoms with Gasteiger partial charge in [-0.15, -0.1) is 0 Å². The molecule has 0 radical (unpaired) electrons. The molecule has 84 valence electrons. The zero-order valence-corrected chi connectivity index (χ0v) is 9.09. The number of hydrogen-bond donors (Lipinski definition) is 2. The van der Waals surface area contributed by atoms with Gasteiger partial charge in [0.15, 0.2) is 5.82 Å². The molecule has 0 aliphatic heterocycles. The predicted molar refractivity (Wildman–Crippen MR) is 61.4 cm³/mol. The minimum absolute atomic E-state index is 0.592. The van der Waals surface area contributed by atoms with Crippen LogP contribution in [0.4, 0.5) is 5.82 Å². The summed E-state index contributed by atoms with van der Waals surface area (Å²) in [5.74, 6) is 6.52. The van der Waals surface area contributed by atoms with Crippen molar-refractivity contribution in [1.29, 1.82) is 0 Å². The van der Waals surface area contributed by atoms with E-state index in [4.69, 9.17) is 5.84 Å². The van der Waals surface area contributed by atoms with Gasteiger partial charge < -0.3 is 9.99 Å². The number of nitrogens with zero attached hydrogens (tertiary/aromatic N) is 4. The van der Waals surface area contributed by atoms with E-state index in [1.54, 1.807) is 24.8 Å². The van der Waals surface area contributed by atoms with Gasteiger partial charge in [0.2, 0.25) is 0 Å². The number of nitrogen functional groups attached to an aromatic ring is 1. The number of nitrogens with two attached hydrogens (primary N) is 1. The summed E-state index contributed by atoms with van der Waals surface area (Å²) in [5.41, 5.74) is 3.40. The molecule has 3 N–H and O–H groups in total. The monoisotopic (exact) mass is 218 g/mol. The van der Waals surface area contributed by atoms with Crippen molar-refractivity contribution in [1.82, 2.24) is 19.5 Å². The molecule has 6 nitrogen and oxygen atoms in total. The zero-order valence-electron chi connectivity index (χ0n) is 9.09. The fourth-order valence-corrected chi connectivity index (χ4v) is 1.49. The average Bonchev–Trinajstić information content (AvgIpc) is 2.78. The summed E-state index contributed by atoms with van der Waals surface area (Å²) in [4.78, 5) is 12.6. The quantitative estimate of drug-likeness (QED) is 0.591. The Morgan fingerprint density at radius 1 is 1.50 bits per heavy atom. The lowest BCUT2D eigenvalue weighted by molar-refractivity contribution is 0.681. The van der Waals surface area contributed by atoms with E-state index in [9.17, 15) is 0 Å². The lowest BCUT2D eigenvalue weighted by atomic mass is 10.4. The van der Waals surface area contributed by atoms with E-state index in [1.807, 2.05) is 4.57 Å². The maximum absolute atomic E-state index is 5.31. The van der Waals surface area contributed by atoms with Crippen molar-refractivity contribution >= 4 is 5.82 Å². The first kappa shape index (κ1) is 10.6. The summed E-state index contributed by atoms with van der Waals surface area (Å²) >= 11 is 0. The van der Waals surface area contributed by atoms with Gasteiger partial charge in [0, 0.05) is 18.8 Å². The van der Waals surface area contributed by atoms with Crippen LogP contribution in [0.2, 0.25) is 0 Å². The number of hydrogen-bond acceptors (Lipinski definition) is 5. The molecule has 0 atom stereocenters. The normalized spacial score (nSPS) is 10.4. The summed E-state index contributed by atoms with van der Waals surface area (Å²) in [6.07, 6.45) is 6.25. The molecule has 2 aromatic heterocycles. The van der Waals surface area contributed by atoms with Crippen LogP contribution in [0.25, 0.3) is 11.5 Å². The largest absolute Gasteiger partial charge is 0.328 e. The SMILES string of the molecule is CCCn1cncc1-c1nccc(NN)n1. The Kier molecular flexibility index (Phi) is 3.11. The third kappa shape index (κ3) is 2.01. The highest BCUT2D eigenvalue weighted by molar-refractivity contribution is 5.51. The van der Waals surface area contributed by atoms with Crippen LogP contribution < -0.4 is 11.3 Å². The smallest absolute Gasteiger partial charge is 0.179 e. The minimum Gasteiger partial charge on any atom is -0.328 e. The van der Waals surface area contributed by atoms with Gasteiger partial charge >= 0.3 is 0 Å². The molecule has 0 bridgehead atoms. The maximum Gasteiger partial charge on any atom is 0.179 e. The van der Waals surface area contributed by atoms with Crippen molar-refractivity contribution in [3.63, 3.8) is 0 Å². The molecule has 0 fully saturated rings. The first-order valence-electron chi connectivity index (χ1n) is 5.15. The first-order chi connectivity index (χ1) is 7.85. The van der Waals surface area contributed by atoms with E-state index in [2.05, 4.69) is 27.3 Å². The number of aromatic nitrogens is 4. The van der Waals surface area contributed by atoms with Crippen LogP contribution in [0.5, 0.6) is 0 Å². The van der Waals surface area contributed by atoms with Gasteiger partial charge in [-0.2, -0.15) is 0 Å². The maximum atomic E-state index is 5.31. The van der Waals surface area contributed by atoms with Gasteiger partial charge in [0.25, 0.3) is 0 Å². The van der Waals surface area contributed by atoms with Crippen molar-refractivity contribution in [2.24, 2.45) is 5.84 Å². The molecule has 2 heterocycles. The molecule has 0 saturated heterocycles. The Labute approximate surface area is 93.5 Å². The molecule has 2 aromatic rings. The topological polar surface area (TPSA) is 81.7 Å². The van der Waals surface area contributed by atoms with Crippen molar-refractivity contribution < 1.29 is 0 Å². The van der Waals surface area contributed by atoms with E-state index in [0.717, 1.165) is 18.7 Å². The Bertz CT molecular complexity index is 464. The Balaban J connectivity index is 2.37. The fourth-order valence-electron chi connectivity index (χ4n) is 1.49. The molecule has 6 heteroatoms. The van der Waals surface area contributed by atoms with Crippen LogP contribution in [0.3, 0.4) is 0 Å². The molecule has 0 aromatic carbocycles. The standard InChI is InChI=1S/C10H14N6/c1-2-5-16-7-12-6-8(16)10-13-4-3-9(14-10)15-11/h3-4,6-7H,2,5,11H2,1H3,(H,13,14,15). The van der Waals surface area contributed by atoms with Gasteiger partial charge in [-0.05, 0) is 6.42 Å². The fraction of sp³-hybridized carbons (Fsp3) is 0.300. The van der Waals surface area contributed by atoms with Crippen LogP contribution >= 0.6 is 0 Å². The highest BCUT2D eigenvalue weighted by atomic mass is 15.3. The molecule has 0 aliphatic rings. The zero-order chi connectivity index (χ0) is 11.4. The van der Waals surface area contributed by atoms with Gasteiger partial charge in [0.1, 0.15) is 11.5 Å².